The van der Waals surface area contributed by atoms with E-state index in [1.165, 1.54) is 25.7 Å². The van der Waals surface area contributed by atoms with Crippen LogP contribution in [-0.2, 0) is 5.60 Å². The maximum absolute atomic E-state index is 10.6. The van der Waals surface area contributed by atoms with E-state index in [4.69, 9.17) is 0 Å². The molecule has 0 saturated heterocycles. The highest BCUT2D eigenvalue weighted by Crippen LogP contribution is 2.23. The second-order valence-electron chi connectivity index (χ2n) is 6.27. The molecule has 0 bridgehead atoms. The Morgan fingerprint density at radius 3 is 2.91 bits per heavy atom. The zero-order chi connectivity index (χ0) is 16.5. The third kappa shape index (κ3) is 5.99. The van der Waals surface area contributed by atoms with E-state index in [1.54, 1.807) is 16.9 Å². The van der Waals surface area contributed by atoms with Gasteiger partial charge in [0.25, 0.3) is 0 Å². The number of aliphatic imine (C=N–C) groups is 1. The Morgan fingerprint density at radius 1 is 1.39 bits per heavy atom. The monoisotopic (exact) mass is 335 g/mol. The molecule has 128 valence electrons. The normalized spacial score (nSPS) is 18.2. The van der Waals surface area contributed by atoms with Crippen LogP contribution in [0.5, 0.6) is 0 Å². The number of thiophene rings is 1. The van der Waals surface area contributed by atoms with Gasteiger partial charge in [0.2, 0.25) is 0 Å². The molecular formula is C18H29N3OS. The number of allylic oxidation sites excluding steroid dienone is 1. The predicted octanol–water partition coefficient (Wildman–Crippen LogP) is 3.40. The smallest absolute Gasteiger partial charge is 0.191 e. The minimum Gasteiger partial charge on any atom is -0.383 e. The average Bonchev–Trinajstić information content (AvgIpc) is 3.09. The van der Waals surface area contributed by atoms with E-state index in [0.717, 1.165) is 31.0 Å². The fourth-order valence-corrected chi connectivity index (χ4v) is 3.49. The Bertz CT molecular complexity index is 520. The first kappa shape index (κ1) is 18.0. The number of nitrogens with zero attached hydrogens (tertiary/aromatic N) is 1. The second kappa shape index (κ2) is 9.08. The molecule has 1 unspecified atom stereocenters. The van der Waals surface area contributed by atoms with Crippen molar-refractivity contribution in [2.45, 2.75) is 51.6 Å². The van der Waals surface area contributed by atoms with Crippen LogP contribution in [0, 0.1) is 0 Å². The fraction of sp³-hybridized carbons (Fsp3) is 0.611. The van der Waals surface area contributed by atoms with Gasteiger partial charge in [0.15, 0.2) is 5.96 Å². The summed E-state index contributed by atoms with van der Waals surface area (Å²) in [4.78, 5) is 4.55. The van der Waals surface area contributed by atoms with Gasteiger partial charge in [0.1, 0.15) is 5.60 Å². The van der Waals surface area contributed by atoms with Crippen molar-refractivity contribution in [3.63, 3.8) is 0 Å². The molecule has 1 aliphatic carbocycles. The van der Waals surface area contributed by atoms with Gasteiger partial charge in [0.05, 0.1) is 6.54 Å². The van der Waals surface area contributed by atoms with Crippen molar-refractivity contribution in [2.75, 3.05) is 19.6 Å². The van der Waals surface area contributed by atoms with Crippen molar-refractivity contribution >= 4 is 17.3 Å². The van der Waals surface area contributed by atoms with Crippen molar-refractivity contribution in [3.05, 3.63) is 34.0 Å². The molecule has 0 aromatic carbocycles. The van der Waals surface area contributed by atoms with Gasteiger partial charge in [-0.25, -0.2) is 4.99 Å². The Morgan fingerprint density at radius 2 is 2.26 bits per heavy atom. The molecule has 4 nitrogen and oxygen atoms in total. The van der Waals surface area contributed by atoms with Gasteiger partial charge < -0.3 is 15.7 Å². The highest BCUT2D eigenvalue weighted by atomic mass is 32.1. The molecule has 23 heavy (non-hydrogen) atoms. The first-order valence-corrected chi connectivity index (χ1v) is 9.51. The molecule has 3 N–H and O–H groups in total. The summed E-state index contributed by atoms with van der Waals surface area (Å²) in [6.07, 6.45) is 8.58. The van der Waals surface area contributed by atoms with E-state index in [9.17, 15) is 5.11 Å². The minimum atomic E-state index is -0.922. The number of rotatable bonds is 7. The van der Waals surface area contributed by atoms with Crippen LogP contribution in [0.25, 0.3) is 0 Å². The third-order valence-electron chi connectivity index (χ3n) is 4.16. The zero-order valence-corrected chi connectivity index (χ0v) is 15.1. The summed E-state index contributed by atoms with van der Waals surface area (Å²) < 4.78 is 0. The third-order valence-corrected chi connectivity index (χ3v) is 4.84. The van der Waals surface area contributed by atoms with E-state index in [0.29, 0.717) is 6.54 Å². The van der Waals surface area contributed by atoms with E-state index >= 15 is 0 Å². The molecule has 1 heterocycles. The van der Waals surface area contributed by atoms with E-state index < -0.39 is 5.60 Å². The summed E-state index contributed by atoms with van der Waals surface area (Å²) in [5.41, 5.74) is 1.56. The Balaban J connectivity index is 1.85. The van der Waals surface area contributed by atoms with Crippen molar-refractivity contribution in [1.29, 1.82) is 0 Å². The summed E-state index contributed by atoms with van der Waals surface area (Å²) in [7, 11) is 0. The number of aliphatic hydroxyl groups is 1. The molecule has 0 fully saturated rings. The van der Waals surface area contributed by atoms with Crippen molar-refractivity contribution < 1.29 is 5.11 Å². The molecule has 2 rings (SSSR count). The van der Waals surface area contributed by atoms with Crippen LogP contribution < -0.4 is 10.6 Å². The summed E-state index contributed by atoms with van der Waals surface area (Å²) in [5.74, 6) is 0.777. The maximum Gasteiger partial charge on any atom is 0.191 e. The Kier molecular flexibility index (Phi) is 7.12. The van der Waals surface area contributed by atoms with Gasteiger partial charge in [-0.15, -0.1) is 0 Å². The largest absolute Gasteiger partial charge is 0.383 e. The zero-order valence-electron chi connectivity index (χ0n) is 14.3. The van der Waals surface area contributed by atoms with Crippen LogP contribution >= 0.6 is 11.3 Å². The lowest BCUT2D eigenvalue weighted by atomic mass is 9.97. The van der Waals surface area contributed by atoms with E-state index in [-0.39, 0.29) is 0 Å². The highest BCUT2D eigenvalue weighted by molar-refractivity contribution is 7.08. The van der Waals surface area contributed by atoms with Gasteiger partial charge in [-0.2, -0.15) is 11.3 Å². The van der Waals surface area contributed by atoms with Crippen LogP contribution in [-0.4, -0.2) is 30.7 Å². The number of hydrogen-bond acceptors (Lipinski definition) is 3. The summed E-state index contributed by atoms with van der Waals surface area (Å²) in [6.45, 7) is 5.92. The first-order chi connectivity index (χ1) is 11.1. The molecule has 0 aliphatic heterocycles. The quantitative estimate of drug-likeness (QED) is 0.407. The lowest BCUT2D eigenvalue weighted by Crippen LogP contribution is -2.39. The molecular weight excluding hydrogens is 306 g/mol. The van der Waals surface area contributed by atoms with Crippen molar-refractivity contribution in [2.24, 2.45) is 4.99 Å². The van der Waals surface area contributed by atoms with Gasteiger partial charge in [-0.3, -0.25) is 0 Å². The molecule has 5 heteroatoms. The topological polar surface area (TPSA) is 56.7 Å². The van der Waals surface area contributed by atoms with Crippen LogP contribution in [0.1, 0.15) is 51.5 Å². The SMILES string of the molecule is CCNC(=NCC(C)(O)c1ccsc1)NCCC1=CCCCC1. The van der Waals surface area contributed by atoms with Crippen LogP contribution in [0.2, 0.25) is 0 Å². The number of nitrogens with one attached hydrogen (secondary N) is 2. The predicted molar refractivity (Wildman–Crippen MR) is 99.0 cm³/mol. The van der Waals surface area contributed by atoms with Gasteiger partial charge in [-0.05, 0) is 68.3 Å². The van der Waals surface area contributed by atoms with E-state index in [2.05, 4.69) is 28.6 Å². The van der Waals surface area contributed by atoms with Crippen molar-refractivity contribution in [3.8, 4) is 0 Å². The number of guanidine groups is 1. The molecule has 0 amide bonds. The van der Waals surface area contributed by atoms with Gasteiger partial charge >= 0.3 is 0 Å². The number of hydrogen-bond donors (Lipinski definition) is 3. The first-order valence-electron chi connectivity index (χ1n) is 8.57. The molecule has 0 saturated carbocycles. The molecule has 0 radical (unpaired) electrons. The van der Waals surface area contributed by atoms with E-state index in [1.807, 2.05) is 23.8 Å². The molecule has 1 atom stereocenters. The van der Waals surface area contributed by atoms with Crippen LogP contribution in [0.4, 0.5) is 0 Å². The van der Waals surface area contributed by atoms with Crippen molar-refractivity contribution in [1.82, 2.24) is 10.6 Å². The minimum absolute atomic E-state index is 0.349. The Hall–Kier alpha value is -1.33. The van der Waals surface area contributed by atoms with Gasteiger partial charge in [-0.1, -0.05) is 11.6 Å². The molecule has 1 aromatic heterocycles. The highest BCUT2D eigenvalue weighted by Gasteiger charge is 2.23. The standard InChI is InChI=1S/C18H29N3OS/c1-3-19-17(20-11-9-15-7-5-4-6-8-15)21-14-18(2,22)16-10-12-23-13-16/h7,10,12-13,22H,3-6,8-9,11,14H2,1-2H3,(H2,19,20,21). The fourth-order valence-electron chi connectivity index (χ4n) is 2.71. The second-order valence-corrected chi connectivity index (χ2v) is 7.05. The molecule has 1 aliphatic rings. The lowest BCUT2D eigenvalue weighted by Gasteiger charge is -2.21. The summed E-state index contributed by atoms with van der Waals surface area (Å²) >= 11 is 1.59. The lowest BCUT2D eigenvalue weighted by molar-refractivity contribution is 0.0677. The average molecular weight is 336 g/mol. The summed E-state index contributed by atoms with van der Waals surface area (Å²) in [5, 5.41) is 21.1. The van der Waals surface area contributed by atoms with Crippen LogP contribution in [0.3, 0.4) is 0 Å². The summed E-state index contributed by atoms with van der Waals surface area (Å²) in [6, 6.07) is 1.95. The Labute approximate surface area is 143 Å². The van der Waals surface area contributed by atoms with Gasteiger partial charge in [0, 0.05) is 13.1 Å². The molecule has 1 aromatic rings. The van der Waals surface area contributed by atoms with Crippen LogP contribution in [0.15, 0.2) is 33.5 Å². The molecule has 0 spiro atoms. The maximum atomic E-state index is 10.6.